The van der Waals surface area contributed by atoms with Crippen molar-refractivity contribution in [2.45, 2.75) is 70.5 Å². The van der Waals surface area contributed by atoms with Crippen molar-refractivity contribution in [3.8, 4) is 0 Å². The van der Waals surface area contributed by atoms with E-state index in [1.54, 1.807) is 11.1 Å². The van der Waals surface area contributed by atoms with Crippen LogP contribution in [-0.2, 0) is 0 Å². The molecule has 0 aromatic carbocycles. The van der Waals surface area contributed by atoms with Gasteiger partial charge in [0, 0.05) is 0 Å². The monoisotopic (exact) mass is 274 g/mol. The summed E-state index contributed by atoms with van der Waals surface area (Å²) in [7, 11) is 0. The van der Waals surface area contributed by atoms with E-state index >= 15 is 0 Å². The molecule has 0 spiro atoms. The Kier molecular flexibility index (Phi) is 2.91. The fraction of sp³-hybridized carbons (Fsp3) is 0.778. The Balaban J connectivity index is 1.72. The Bertz CT molecular complexity index is 490. The molecule has 0 saturated heterocycles. The van der Waals surface area contributed by atoms with Crippen molar-refractivity contribution in [2.24, 2.45) is 17.3 Å². The van der Waals surface area contributed by atoms with Gasteiger partial charge in [-0.25, -0.2) is 0 Å². The molecule has 0 bridgehead atoms. The van der Waals surface area contributed by atoms with Crippen molar-refractivity contribution in [3.05, 3.63) is 22.8 Å². The lowest BCUT2D eigenvalue weighted by Gasteiger charge is -2.48. The fourth-order valence-corrected chi connectivity index (χ4v) is 5.62. The molecule has 2 fully saturated rings. The van der Waals surface area contributed by atoms with E-state index in [1.807, 2.05) is 0 Å². The van der Waals surface area contributed by atoms with Crippen molar-refractivity contribution in [1.29, 1.82) is 0 Å². The van der Waals surface area contributed by atoms with Gasteiger partial charge in [0.15, 0.2) is 0 Å². The Morgan fingerprint density at radius 2 is 1.90 bits per heavy atom. The van der Waals surface area contributed by atoms with Gasteiger partial charge in [0.05, 0.1) is 12.2 Å². The molecule has 0 amide bonds. The molecule has 20 heavy (non-hydrogen) atoms. The third-order valence-corrected chi connectivity index (χ3v) is 6.81. The number of aliphatic hydroxyl groups is 2. The second kappa shape index (κ2) is 4.45. The molecule has 4 rings (SSSR count). The van der Waals surface area contributed by atoms with E-state index in [2.05, 4.69) is 13.0 Å². The minimum absolute atomic E-state index is 0.0795. The van der Waals surface area contributed by atoms with Crippen LogP contribution in [0, 0.1) is 17.3 Å². The number of fused-ring (bicyclic) bond motifs is 4. The number of hydrogen-bond acceptors (Lipinski definition) is 2. The molecule has 110 valence electrons. The highest BCUT2D eigenvalue weighted by atomic mass is 16.3. The predicted molar refractivity (Wildman–Crippen MR) is 79.1 cm³/mol. The van der Waals surface area contributed by atoms with E-state index in [9.17, 15) is 10.2 Å². The molecule has 0 aromatic rings. The first-order valence-corrected chi connectivity index (χ1v) is 8.38. The maximum atomic E-state index is 10.4. The van der Waals surface area contributed by atoms with Crippen molar-refractivity contribution in [2.75, 3.05) is 0 Å². The largest absolute Gasteiger partial charge is 0.393 e. The van der Waals surface area contributed by atoms with Crippen molar-refractivity contribution in [1.82, 2.24) is 0 Å². The van der Waals surface area contributed by atoms with E-state index in [4.69, 9.17) is 0 Å². The Morgan fingerprint density at radius 3 is 2.75 bits per heavy atom. The van der Waals surface area contributed by atoms with Crippen LogP contribution in [0.25, 0.3) is 0 Å². The van der Waals surface area contributed by atoms with E-state index in [0.29, 0.717) is 11.8 Å². The van der Waals surface area contributed by atoms with Gasteiger partial charge in [-0.2, -0.15) is 0 Å². The lowest BCUT2D eigenvalue weighted by atomic mass is 9.57. The molecular formula is C18H26O2. The van der Waals surface area contributed by atoms with Crippen LogP contribution in [-0.4, -0.2) is 22.4 Å². The van der Waals surface area contributed by atoms with Crippen LogP contribution in [0.2, 0.25) is 0 Å². The van der Waals surface area contributed by atoms with Crippen LogP contribution < -0.4 is 0 Å². The third-order valence-electron chi connectivity index (χ3n) is 6.81. The van der Waals surface area contributed by atoms with Crippen LogP contribution >= 0.6 is 0 Å². The standard InChI is InChI=1S/C18H26O2/c1-18-9-8-14-13-5-3-12(19)10-11(13)2-4-15(14)16(18)6-7-17(18)20/h10,12,15-17,19-20H,2-9H2,1H3/t12?,15-,16+,17+,18+/m1/s1. The zero-order chi connectivity index (χ0) is 13.9. The van der Waals surface area contributed by atoms with Gasteiger partial charge < -0.3 is 10.2 Å². The van der Waals surface area contributed by atoms with Crippen LogP contribution in [0.1, 0.15) is 58.3 Å². The lowest BCUT2D eigenvalue weighted by Crippen LogP contribution is -2.42. The van der Waals surface area contributed by atoms with Gasteiger partial charge in [-0.1, -0.05) is 18.6 Å². The molecule has 1 unspecified atom stereocenters. The normalized spacial score (nSPS) is 47.5. The van der Waals surface area contributed by atoms with Gasteiger partial charge >= 0.3 is 0 Å². The van der Waals surface area contributed by atoms with Crippen LogP contribution in [0.15, 0.2) is 22.8 Å². The minimum atomic E-state index is -0.215. The Morgan fingerprint density at radius 1 is 1.05 bits per heavy atom. The molecule has 0 aromatic heterocycles. The molecule has 4 aliphatic rings. The van der Waals surface area contributed by atoms with Crippen LogP contribution in [0.3, 0.4) is 0 Å². The summed E-state index contributed by atoms with van der Waals surface area (Å²) in [5, 5.41) is 20.2. The molecule has 4 aliphatic carbocycles. The van der Waals surface area contributed by atoms with Gasteiger partial charge in [0.25, 0.3) is 0 Å². The smallest absolute Gasteiger partial charge is 0.0729 e. The quantitative estimate of drug-likeness (QED) is 0.711. The van der Waals surface area contributed by atoms with Gasteiger partial charge in [-0.3, -0.25) is 0 Å². The number of allylic oxidation sites excluding steroid dienone is 3. The second-order valence-electron chi connectivity index (χ2n) is 7.65. The maximum Gasteiger partial charge on any atom is 0.0729 e. The highest BCUT2D eigenvalue weighted by Crippen LogP contribution is 2.59. The number of hydrogen-bond donors (Lipinski definition) is 2. The molecule has 2 nitrogen and oxygen atoms in total. The zero-order valence-corrected chi connectivity index (χ0v) is 12.4. The summed E-state index contributed by atoms with van der Waals surface area (Å²) in [6.45, 7) is 2.33. The highest BCUT2D eigenvalue weighted by molar-refractivity contribution is 5.43. The SMILES string of the molecule is C[C@]12CCC3=C4CCC(O)C=C4CC[C@H]3[C@@H]1CC[C@@H]2O. The van der Waals surface area contributed by atoms with Gasteiger partial charge in [0.2, 0.25) is 0 Å². The summed E-state index contributed by atoms with van der Waals surface area (Å²) in [6.07, 6.45) is 10.7. The second-order valence-corrected chi connectivity index (χ2v) is 7.65. The first-order valence-electron chi connectivity index (χ1n) is 8.38. The molecule has 2 N–H and O–H groups in total. The summed E-state index contributed by atoms with van der Waals surface area (Å²) in [6, 6.07) is 0. The van der Waals surface area contributed by atoms with Gasteiger partial charge in [-0.15, -0.1) is 0 Å². The van der Waals surface area contributed by atoms with Crippen molar-refractivity contribution >= 4 is 0 Å². The third kappa shape index (κ3) is 1.70. The first-order chi connectivity index (χ1) is 9.59. The fourth-order valence-electron chi connectivity index (χ4n) is 5.62. The minimum Gasteiger partial charge on any atom is -0.393 e. The molecular weight excluding hydrogens is 248 g/mol. The lowest BCUT2D eigenvalue weighted by molar-refractivity contribution is 0.00303. The number of aliphatic hydroxyl groups excluding tert-OH is 2. The molecule has 0 radical (unpaired) electrons. The molecule has 5 atom stereocenters. The summed E-state index contributed by atoms with van der Waals surface area (Å²) >= 11 is 0. The van der Waals surface area contributed by atoms with Crippen molar-refractivity contribution in [3.63, 3.8) is 0 Å². The summed E-state index contributed by atoms with van der Waals surface area (Å²) in [4.78, 5) is 0. The van der Waals surface area contributed by atoms with E-state index in [1.165, 1.54) is 24.8 Å². The predicted octanol–water partition coefficient (Wildman–Crippen LogP) is 3.35. The molecule has 2 saturated carbocycles. The van der Waals surface area contributed by atoms with E-state index in [0.717, 1.165) is 32.1 Å². The van der Waals surface area contributed by atoms with Gasteiger partial charge in [-0.05, 0) is 79.8 Å². The van der Waals surface area contributed by atoms with Crippen LogP contribution in [0.5, 0.6) is 0 Å². The molecule has 0 heterocycles. The Hall–Kier alpha value is -0.600. The average molecular weight is 274 g/mol. The van der Waals surface area contributed by atoms with Gasteiger partial charge in [0.1, 0.15) is 0 Å². The van der Waals surface area contributed by atoms with E-state index in [-0.39, 0.29) is 17.6 Å². The number of rotatable bonds is 0. The van der Waals surface area contributed by atoms with Crippen molar-refractivity contribution < 1.29 is 10.2 Å². The summed E-state index contributed by atoms with van der Waals surface area (Å²) in [5.74, 6) is 1.41. The summed E-state index contributed by atoms with van der Waals surface area (Å²) < 4.78 is 0. The zero-order valence-electron chi connectivity index (χ0n) is 12.4. The average Bonchev–Trinajstić information content (AvgIpc) is 2.74. The van der Waals surface area contributed by atoms with Crippen LogP contribution in [0.4, 0.5) is 0 Å². The molecule has 0 aliphatic heterocycles. The molecule has 2 heteroatoms. The maximum absolute atomic E-state index is 10.4. The first kappa shape index (κ1) is 13.1. The van der Waals surface area contributed by atoms with E-state index < -0.39 is 0 Å². The Labute approximate surface area is 121 Å². The highest BCUT2D eigenvalue weighted by Gasteiger charge is 2.53. The summed E-state index contributed by atoms with van der Waals surface area (Å²) in [5.41, 5.74) is 4.91. The topological polar surface area (TPSA) is 40.5 Å².